The van der Waals surface area contributed by atoms with Gasteiger partial charge in [0.05, 0.1) is 12.2 Å². The van der Waals surface area contributed by atoms with E-state index in [2.05, 4.69) is 31.0 Å². The van der Waals surface area contributed by atoms with Gasteiger partial charge in [-0.3, -0.25) is 4.99 Å². The van der Waals surface area contributed by atoms with Crippen LogP contribution in [0, 0.1) is 5.92 Å². The Kier molecular flexibility index (Phi) is 8.40. The van der Waals surface area contributed by atoms with Crippen molar-refractivity contribution in [3.05, 3.63) is 77.5 Å². The molecule has 32 heavy (non-hydrogen) atoms. The van der Waals surface area contributed by atoms with Gasteiger partial charge in [0.2, 0.25) is 0 Å². The smallest absolute Gasteiger partial charge is 0.357 e. The average Bonchev–Trinajstić information content (AvgIpc) is 2.85. The van der Waals surface area contributed by atoms with Crippen LogP contribution in [0.5, 0.6) is 0 Å². The number of rotatable bonds is 10. The normalized spacial score (nSPS) is 17.3. The second-order valence-corrected chi connectivity index (χ2v) is 8.44. The molecule has 1 heterocycles. The topological polar surface area (TPSA) is 58.9 Å². The van der Waals surface area contributed by atoms with Crippen LogP contribution in [0.25, 0.3) is 5.57 Å². The maximum atomic E-state index is 12.7. The predicted octanol–water partition coefficient (Wildman–Crippen LogP) is 6.17. The molecule has 0 aliphatic carbocycles. The molecule has 2 aromatic rings. The lowest BCUT2D eigenvalue weighted by atomic mass is 9.73. The van der Waals surface area contributed by atoms with Crippen LogP contribution in [-0.4, -0.2) is 29.5 Å². The summed E-state index contributed by atoms with van der Waals surface area (Å²) in [6.45, 7) is 6.24. The Balaban J connectivity index is 1.94. The molecular formula is C28H35NO3. The van der Waals surface area contributed by atoms with Crippen LogP contribution in [0.1, 0.15) is 69.9 Å². The van der Waals surface area contributed by atoms with Gasteiger partial charge in [-0.05, 0) is 61.6 Å². The van der Waals surface area contributed by atoms with E-state index in [4.69, 9.17) is 4.74 Å². The Bertz CT molecular complexity index is 930. The third-order valence-electron chi connectivity index (χ3n) is 6.71. The highest BCUT2D eigenvalue weighted by atomic mass is 16.5. The molecular weight excluding hydrogens is 398 g/mol. The summed E-state index contributed by atoms with van der Waals surface area (Å²) in [5.74, 6) is -0.204. The highest BCUT2D eigenvalue weighted by Gasteiger charge is 2.36. The number of aliphatic hydroxyl groups is 1. The maximum Gasteiger partial charge on any atom is 0.357 e. The van der Waals surface area contributed by atoms with E-state index in [9.17, 15) is 9.90 Å². The van der Waals surface area contributed by atoms with Crippen molar-refractivity contribution in [1.29, 1.82) is 0 Å². The predicted molar refractivity (Wildman–Crippen MR) is 131 cm³/mol. The van der Waals surface area contributed by atoms with Crippen molar-refractivity contribution >= 4 is 17.8 Å². The fourth-order valence-electron chi connectivity index (χ4n) is 4.81. The van der Waals surface area contributed by atoms with Gasteiger partial charge in [-0.15, -0.1) is 0 Å². The number of ether oxygens (including phenoxy) is 1. The molecule has 0 radical (unpaired) electrons. The summed E-state index contributed by atoms with van der Waals surface area (Å²) in [7, 11) is 0. The summed E-state index contributed by atoms with van der Waals surface area (Å²) in [4.78, 5) is 17.2. The molecule has 2 atom stereocenters. The first-order valence-corrected chi connectivity index (χ1v) is 11.8. The van der Waals surface area contributed by atoms with E-state index < -0.39 is 5.60 Å². The third-order valence-corrected chi connectivity index (χ3v) is 6.71. The maximum absolute atomic E-state index is 12.7. The lowest BCUT2D eigenvalue weighted by Gasteiger charge is -2.36. The van der Waals surface area contributed by atoms with E-state index >= 15 is 0 Å². The van der Waals surface area contributed by atoms with Crippen LogP contribution in [-0.2, 0) is 9.53 Å². The minimum atomic E-state index is -0.759. The molecule has 4 nitrogen and oxygen atoms in total. The Labute approximate surface area is 192 Å². The van der Waals surface area contributed by atoms with E-state index in [0.717, 1.165) is 30.4 Å². The zero-order valence-electron chi connectivity index (χ0n) is 19.5. The van der Waals surface area contributed by atoms with Crippen LogP contribution < -0.4 is 0 Å². The van der Waals surface area contributed by atoms with Gasteiger partial charge < -0.3 is 9.84 Å². The molecule has 0 spiro atoms. The molecule has 170 valence electrons. The quantitative estimate of drug-likeness (QED) is 0.456. The molecule has 0 aromatic heterocycles. The number of carbonyl (C=O) groups excluding carboxylic acids is 1. The molecule has 1 aliphatic heterocycles. The average molecular weight is 434 g/mol. The second kappa shape index (κ2) is 11.2. The number of hydrogen-bond donors (Lipinski definition) is 1. The summed E-state index contributed by atoms with van der Waals surface area (Å²) in [6, 6.07) is 20.3. The Morgan fingerprint density at radius 1 is 1.06 bits per heavy atom. The van der Waals surface area contributed by atoms with Crippen LogP contribution in [0.15, 0.2) is 71.4 Å². The molecule has 0 saturated carbocycles. The number of hydrogen-bond acceptors (Lipinski definition) is 4. The Morgan fingerprint density at radius 2 is 1.69 bits per heavy atom. The summed E-state index contributed by atoms with van der Waals surface area (Å²) in [5.41, 5.74) is 2.78. The fraction of sp³-hybridized carbons (Fsp3) is 0.429. The van der Waals surface area contributed by atoms with Gasteiger partial charge in [0.1, 0.15) is 0 Å². The van der Waals surface area contributed by atoms with Crippen molar-refractivity contribution in [2.45, 2.75) is 64.4 Å². The second-order valence-electron chi connectivity index (χ2n) is 8.44. The number of nitrogens with zero attached hydrogens (tertiary/aromatic N) is 1. The first-order valence-electron chi connectivity index (χ1n) is 11.8. The summed E-state index contributed by atoms with van der Waals surface area (Å²) >= 11 is 0. The monoisotopic (exact) mass is 433 g/mol. The molecule has 1 N–H and O–H groups in total. The molecule has 2 aromatic carbocycles. The molecule has 4 heteroatoms. The minimum Gasteiger partial charge on any atom is -0.461 e. The van der Waals surface area contributed by atoms with Crippen molar-refractivity contribution in [3.63, 3.8) is 0 Å². The molecule has 0 amide bonds. The van der Waals surface area contributed by atoms with Crippen LogP contribution in [0.3, 0.4) is 0 Å². The zero-order valence-corrected chi connectivity index (χ0v) is 19.5. The van der Waals surface area contributed by atoms with E-state index in [-0.39, 0.29) is 17.8 Å². The van der Waals surface area contributed by atoms with E-state index in [1.165, 1.54) is 5.56 Å². The van der Waals surface area contributed by atoms with Gasteiger partial charge in [-0.2, -0.15) is 0 Å². The van der Waals surface area contributed by atoms with Crippen LogP contribution >= 0.6 is 0 Å². The number of carbonyl (C=O) groups is 1. The zero-order chi connectivity index (χ0) is 23.0. The van der Waals surface area contributed by atoms with Crippen molar-refractivity contribution in [2.75, 3.05) is 6.61 Å². The Hall–Kier alpha value is -2.72. The molecule has 2 unspecified atom stereocenters. The minimum absolute atomic E-state index is 0.0284. The van der Waals surface area contributed by atoms with Crippen molar-refractivity contribution in [2.24, 2.45) is 10.9 Å². The summed E-state index contributed by atoms with van der Waals surface area (Å²) in [5, 5.41) is 11.5. The van der Waals surface area contributed by atoms with Gasteiger partial charge in [-0.1, -0.05) is 74.5 Å². The number of benzene rings is 2. The highest BCUT2D eigenvalue weighted by Crippen LogP contribution is 2.42. The van der Waals surface area contributed by atoms with E-state index in [1.54, 1.807) is 0 Å². The molecule has 0 fully saturated rings. The Morgan fingerprint density at radius 3 is 2.28 bits per heavy atom. The lowest BCUT2D eigenvalue weighted by molar-refractivity contribution is -0.138. The largest absolute Gasteiger partial charge is 0.461 e. The van der Waals surface area contributed by atoms with Crippen LogP contribution in [0.2, 0.25) is 0 Å². The third kappa shape index (κ3) is 5.36. The molecule has 1 aliphatic rings. The number of esters is 1. The first kappa shape index (κ1) is 23.9. The van der Waals surface area contributed by atoms with Gasteiger partial charge in [0.15, 0.2) is 5.70 Å². The van der Waals surface area contributed by atoms with Gasteiger partial charge >= 0.3 is 5.97 Å². The van der Waals surface area contributed by atoms with Crippen molar-refractivity contribution in [3.8, 4) is 0 Å². The van der Waals surface area contributed by atoms with E-state index in [1.807, 2.05) is 61.7 Å². The number of allylic oxidation sites excluding steroid dienone is 1. The SMILES string of the molecule is CCOC(=O)C1=C(c2ccccc2)C(CCC(c2ccccc2)C(O)(CC)CC)CC=N1. The van der Waals surface area contributed by atoms with Gasteiger partial charge in [-0.25, -0.2) is 4.79 Å². The fourth-order valence-corrected chi connectivity index (χ4v) is 4.81. The van der Waals surface area contributed by atoms with Gasteiger partial charge in [0, 0.05) is 12.1 Å². The van der Waals surface area contributed by atoms with Crippen molar-refractivity contribution < 1.29 is 14.6 Å². The lowest BCUT2D eigenvalue weighted by Crippen LogP contribution is -2.35. The molecule has 0 bridgehead atoms. The van der Waals surface area contributed by atoms with Crippen molar-refractivity contribution in [1.82, 2.24) is 0 Å². The first-order chi connectivity index (χ1) is 15.5. The van der Waals surface area contributed by atoms with Gasteiger partial charge in [0.25, 0.3) is 0 Å². The highest BCUT2D eigenvalue weighted by molar-refractivity contribution is 6.00. The standard InChI is InChI=1S/C28H35NO3/c1-4-28(31,5-2)24(21-13-9-7-10-14-21)18-17-23-19-20-29-26(27(30)32-6-3)25(23)22-15-11-8-12-16-22/h7-16,20,23-24,31H,4-6,17-19H2,1-3H3. The summed E-state index contributed by atoms with van der Waals surface area (Å²) < 4.78 is 5.31. The van der Waals surface area contributed by atoms with E-state index in [0.29, 0.717) is 25.1 Å². The van der Waals surface area contributed by atoms with Crippen LogP contribution in [0.4, 0.5) is 0 Å². The molecule has 3 rings (SSSR count). The number of aliphatic imine (C=N–C) groups is 1. The molecule has 0 saturated heterocycles. The summed E-state index contributed by atoms with van der Waals surface area (Å²) in [6.07, 6.45) is 5.68.